The van der Waals surface area contributed by atoms with E-state index in [-0.39, 0.29) is 18.4 Å². The van der Waals surface area contributed by atoms with Crippen molar-refractivity contribution in [3.63, 3.8) is 0 Å². The van der Waals surface area contributed by atoms with Crippen molar-refractivity contribution in [1.82, 2.24) is 0 Å². The summed E-state index contributed by atoms with van der Waals surface area (Å²) in [5.74, 6) is 0. The molecule has 0 aromatic heterocycles. The summed E-state index contributed by atoms with van der Waals surface area (Å²) in [5.41, 5.74) is 12.7. The van der Waals surface area contributed by atoms with Gasteiger partial charge in [0.05, 0.1) is 11.6 Å². The molecule has 0 aliphatic rings. The minimum absolute atomic E-state index is 0. The Bertz CT molecular complexity index is 289. The van der Waals surface area contributed by atoms with Crippen LogP contribution in [0.15, 0.2) is 24.3 Å². The number of halogens is 1. The van der Waals surface area contributed by atoms with Crippen molar-refractivity contribution in [3.05, 3.63) is 35.4 Å². The lowest BCUT2D eigenvalue weighted by Gasteiger charge is -2.07. The SMILES string of the molecule is Cl.N#Cc1ccc([C@H](N)CN)cc1. The molecule has 0 saturated carbocycles. The molecule has 13 heavy (non-hydrogen) atoms. The Morgan fingerprint density at radius 3 is 2.23 bits per heavy atom. The summed E-state index contributed by atoms with van der Waals surface area (Å²) < 4.78 is 0. The second-order valence-electron chi connectivity index (χ2n) is 2.58. The van der Waals surface area contributed by atoms with Gasteiger partial charge in [-0.2, -0.15) is 5.26 Å². The highest BCUT2D eigenvalue weighted by Gasteiger charge is 2.01. The van der Waals surface area contributed by atoms with Crippen LogP contribution in [-0.2, 0) is 0 Å². The molecule has 0 aliphatic carbocycles. The number of nitriles is 1. The van der Waals surface area contributed by atoms with Crippen LogP contribution in [0, 0.1) is 11.3 Å². The molecular formula is C9H12ClN3. The molecule has 1 aromatic rings. The molecule has 1 atom stereocenters. The normalized spacial score (nSPS) is 11.2. The smallest absolute Gasteiger partial charge is 0.0991 e. The maximum absolute atomic E-state index is 8.52. The van der Waals surface area contributed by atoms with Crippen LogP contribution in [0.3, 0.4) is 0 Å². The van der Waals surface area contributed by atoms with Crippen LogP contribution < -0.4 is 11.5 Å². The molecule has 0 saturated heterocycles. The zero-order chi connectivity index (χ0) is 8.97. The van der Waals surface area contributed by atoms with Gasteiger partial charge in [0.2, 0.25) is 0 Å². The molecule has 0 spiro atoms. The Morgan fingerprint density at radius 1 is 1.31 bits per heavy atom. The summed E-state index contributed by atoms with van der Waals surface area (Å²) in [6.07, 6.45) is 0. The molecule has 0 amide bonds. The van der Waals surface area contributed by atoms with Gasteiger partial charge in [-0.05, 0) is 17.7 Å². The topological polar surface area (TPSA) is 75.8 Å². The number of benzene rings is 1. The minimum Gasteiger partial charge on any atom is -0.329 e. The Labute approximate surface area is 83.8 Å². The molecule has 0 unspecified atom stereocenters. The highest BCUT2D eigenvalue weighted by atomic mass is 35.5. The van der Waals surface area contributed by atoms with Gasteiger partial charge in [-0.1, -0.05) is 12.1 Å². The van der Waals surface area contributed by atoms with E-state index < -0.39 is 0 Å². The van der Waals surface area contributed by atoms with E-state index >= 15 is 0 Å². The molecule has 0 fully saturated rings. The first-order chi connectivity index (χ1) is 5.77. The van der Waals surface area contributed by atoms with Crippen LogP contribution in [0.5, 0.6) is 0 Å². The molecule has 4 N–H and O–H groups in total. The van der Waals surface area contributed by atoms with E-state index in [4.69, 9.17) is 16.7 Å². The van der Waals surface area contributed by atoms with E-state index in [9.17, 15) is 0 Å². The van der Waals surface area contributed by atoms with Gasteiger partial charge in [0.1, 0.15) is 0 Å². The molecule has 0 radical (unpaired) electrons. The molecule has 4 heteroatoms. The lowest BCUT2D eigenvalue weighted by atomic mass is 10.1. The zero-order valence-electron chi connectivity index (χ0n) is 7.10. The molecule has 3 nitrogen and oxygen atoms in total. The Morgan fingerprint density at radius 2 is 1.85 bits per heavy atom. The standard InChI is InChI=1S/C9H11N3.ClH/c10-5-7-1-3-8(4-2-7)9(12)6-11;/h1-4,9H,6,11-12H2;1H/t9-;/m1./s1. The second kappa shape index (κ2) is 5.55. The van der Waals surface area contributed by atoms with Crippen molar-refractivity contribution in [3.8, 4) is 6.07 Å². The number of nitrogens with two attached hydrogens (primary N) is 2. The van der Waals surface area contributed by atoms with Crippen molar-refractivity contribution < 1.29 is 0 Å². The van der Waals surface area contributed by atoms with E-state index in [0.717, 1.165) is 5.56 Å². The third-order valence-electron chi connectivity index (χ3n) is 1.72. The van der Waals surface area contributed by atoms with Crippen molar-refractivity contribution in [1.29, 1.82) is 5.26 Å². The fourth-order valence-electron chi connectivity index (χ4n) is 0.941. The predicted molar refractivity (Wildman–Crippen MR) is 54.4 cm³/mol. The third-order valence-corrected chi connectivity index (χ3v) is 1.72. The molecule has 0 bridgehead atoms. The Kier molecular flexibility index (Phi) is 5.09. The Hall–Kier alpha value is -1.08. The average Bonchev–Trinajstić information content (AvgIpc) is 2.17. The van der Waals surface area contributed by atoms with Gasteiger partial charge in [-0.3, -0.25) is 0 Å². The monoisotopic (exact) mass is 197 g/mol. The fourth-order valence-corrected chi connectivity index (χ4v) is 0.941. The highest BCUT2D eigenvalue weighted by Crippen LogP contribution is 2.09. The molecular weight excluding hydrogens is 186 g/mol. The summed E-state index contributed by atoms with van der Waals surface area (Å²) in [4.78, 5) is 0. The van der Waals surface area contributed by atoms with Gasteiger partial charge in [-0.15, -0.1) is 12.4 Å². The quantitative estimate of drug-likeness (QED) is 0.741. The van der Waals surface area contributed by atoms with Crippen molar-refractivity contribution in [2.75, 3.05) is 6.54 Å². The molecule has 70 valence electrons. The summed E-state index contributed by atoms with van der Waals surface area (Å²) in [6, 6.07) is 9.05. The van der Waals surface area contributed by atoms with Crippen molar-refractivity contribution >= 4 is 12.4 Å². The third kappa shape index (κ3) is 3.03. The largest absolute Gasteiger partial charge is 0.329 e. The average molecular weight is 198 g/mol. The van der Waals surface area contributed by atoms with Gasteiger partial charge in [-0.25, -0.2) is 0 Å². The van der Waals surface area contributed by atoms with E-state index in [1.807, 2.05) is 18.2 Å². The summed E-state index contributed by atoms with van der Waals surface area (Å²) in [5, 5.41) is 8.52. The number of nitrogens with zero attached hydrogens (tertiary/aromatic N) is 1. The van der Waals surface area contributed by atoms with Gasteiger partial charge >= 0.3 is 0 Å². The van der Waals surface area contributed by atoms with Gasteiger partial charge in [0.15, 0.2) is 0 Å². The zero-order valence-corrected chi connectivity index (χ0v) is 7.92. The van der Waals surface area contributed by atoms with Crippen LogP contribution in [0.25, 0.3) is 0 Å². The van der Waals surface area contributed by atoms with E-state index in [2.05, 4.69) is 0 Å². The van der Waals surface area contributed by atoms with E-state index in [1.165, 1.54) is 0 Å². The highest BCUT2D eigenvalue weighted by molar-refractivity contribution is 5.85. The van der Waals surface area contributed by atoms with Gasteiger partial charge < -0.3 is 11.5 Å². The second-order valence-corrected chi connectivity index (χ2v) is 2.58. The predicted octanol–water partition coefficient (Wildman–Crippen LogP) is 0.939. The van der Waals surface area contributed by atoms with E-state index in [0.29, 0.717) is 12.1 Å². The minimum atomic E-state index is -0.127. The number of hydrogen-bond donors (Lipinski definition) is 2. The maximum atomic E-state index is 8.52. The van der Waals surface area contributed by atoms with E-state index in [1.54, 1.807) is 12.1 Å². The summed E-state index contributed by atoms with van der Waals surface area (Å²) in [7, 11) is 0. The molecule has 0 aliphatic heterocycles. The number of rotatable bonds is 2. The Balaban J connectivity index is 0.00000144. The molecule has 1 aromatic carbocycles. The molecule has 0 heterocycles. The van der Waals surface area contributed by atoms with Crippen LogP contribution >= 0.6 is 12.4 Å². The van der Waals surface area contributed by atoms with Crippen molar-refractivity contribution in [2.24, 2.45) is 11.5 Å². The van der Waals surface area contributed by atoms with Crippen LogP contribution in [-0.4, -0.2) is 6.54 Å². The van der Waals surface area contributed by atoms with Crippen molar-refractivity contribution in [2.45, 2.75) is 6.04 Å². The number of hydrogen-bond acceptors (Lipinski definition) is 3. The first-order valence-corrected chi connectivity index (χ1v) is 3.73. The summed E-state index contributed by atoms with van der Waals surface area (Å²) >= 11 is 0. The van der Waals surface area contributed by atoms with Gasteiger partial charge in [0, 0.05) is 12.6 Å². The van der Waals surface area contributed by atoms with Gasteiger partial charge in [0.25, 0.3) is 0 Å². The lowest BCUT2D eigenvalue weighted by molar-refractivity contribution is 0.737. The molecule has 1 rings (SSSR count). The summed E-state index contributed by atoms with van der Waals surface area (Å²) in [6.45, 7) is 0.423. The van der Waals surface area contributed by atoms with Crippen LogP contribution in [0.4, 0.5) is 0 Å². The van der Waals surface area contributed by atoms with Crippen LogP contribution in [0.1, 0.15) is 17.2 Å². The fraction of sp³-hybridized carbons (Fsp3) is 0.222. The maximum Gasteiger partial charge on any atom is 0.0991 e. The first kappa shape index (κ1) is 11.9. The lowest BCUT2D eigenvalue weighted by Crippen LogP contribution is -2.20. The first-order valence-electron chi connectivity index (χ1n) is 3.73. The van der Waals surface area contributed by atoms with Crippen LogP contribution in [0.2, 0.25) is 0 Å².